The van der Waals surface area contributed by atoms with E-state index in [1.165, 1.54) is 34.9 Å². The summed E-state index contributed by atoms with van der Waals surface area (Å²) in [6.07, 6.45) is 1.77. The highest BCUT2D eigenvalue weighted by atomic mass is 32.2. The Hall–Kier alpha value is -1.86. The molecule has 130 valence electrons. The van der Waals surface area contributed by atoms with E-state index in [1.807, 2.05) is 0 Å². The summed E-state index contributed by atoms with van der Waals surface area (Å²) in [4.78, 5) is 26.4. The lowest BCUT2D eigenvalue weighted by Crippen LogP contribution is -2.48. The fourth-order valence-electron chi connectivity index (χ4n) is 2.30. The molecular formula is C17H21FN2O3S. The van der Waals surface area contributed by atoms with Crippen molar-refractivity contribution in [2.24, 2.45) is 0 Å². The van der Waals surface area contributed by atoms with Crippen molar-refractivity contribution in [1.29, 1.82) is 0 Å². The smallest absolute Gasteiger partial charge is 0.252 e. The zero-order chi connectivity index (χ0) is 17.5. The van der Waals surface area contributed by atoms with Crippen molar-refractivity contribution in [3.8, 4) is 0 Å². The lowest BCUT2D eigenvalue weighted by molar-refractivity contribution is -0.145. The molecular weight excluding hydrogens is 331 g/mol. The van der Waals surface area contributed by atoms with Gasteiger partial charge in [0.15, 0.2) is 0 Å². The summed E-state index contributed by atoms with van der Waals surface area (Å²) in [6, 6.07) is 5.09. The van der Waals surface area contributed by atoms with Gasteiger partial charge >= 0.3 is 0 Å². The summed E-state index contributed by atoms with van der Waals surface area (Å²) in [6.45, 7) is 5.69. The maximum absolute atomic E-state index is 13.2. The van der Waals surface area contributed by atoms with E-state index < -0.39 is 18.0 Å². The molecule has 1 aromatic rings. The molecule has 1 aliphatic rings. The molecule has 0 saturated carbocycles. The minimum absolute atomic E-state index is 0.219. The van der Waals surface area contributed by atoms with Gasteiger partial charge in [-0.15, -0.1) is 18.3 Å². The summed E-state index contributed by atoms with van der Waals surface area (Å²) in [5, 5.41) is 2.66. The number of carbonyl (C=O) groups excluding carboxylic acids is 2. The third kappa shape index (κ3) is 4.82. The number of hydrogen-bond acceptors (Lipinski definition) is 4. The maximum Gasteiger partial charge on any atom is 0.252 e. The number of ether oxygens (including phenoxy) is 1. The molecule has 1 aromatic carbocycles. The van der Waals surface area contributed by atoms with Crippen molar-refractivity contribution >= 4 is 29.3 Å². The minimum atomic E-state index is -0.617. The SMILES string of the molecule is C=CCCOC(C)C(=O)N1CSCC1C(=O)Nc1cccc(F)c1. The molecule has 24 heavy (non-hydrogen) atoms. The van der Waals surface area contributed by atoms with Crippen LogP contribution in [0.15, 0.2) is 36.9 Å². The highest BCUT2D eigenvalue weighted by Gasteiger charge is 2.36. The molecule has 1 N–H and O–H groups in total. The summed E-state index contributed by atoms with van der Waals surface area (Å²) in [5.41, 5.74) is 0.375. The molecule has 0 aliphatic carbocycles. The Morgan fingerprint density at radius 1 is 1.58 bits per heavy atom. The van der Waals surface area contributed by atoms with Gasteiger partial charge in [-0.25, -0.2) is 4.39 Å². The lowest BCUT2D eigenvalue weighted by atomic mass is 10.2. The Morgan fingerprint density at radius 2 is 2.38 bits per heavy atom. The monoisotopic (exact) mass is 352 g/mol. The second-order valence-corrected chi connectivity index (χ2v) is 6.41. The van der Waals surface area contributed by atoms with Gasteiger partial charge in [-0.2, -0.15) is 0 Å². The van der Waals surface area contributed by atoms with Crippen LogP contribution in [-0.4, -0.2) is 47.1 Å². The van der Waals surface area contributed by atoms with Gasteiger partial charge < -0.3 is 15.0 Å². The van der Waals surface area contributed by atoms with Crippen LogP contribution in [0.5, 0.6) is 0 Å². The molecule has 1 aliphatic heterocycles. The lowest BCUT2D eigenvalue weighted by Gasteiger charge is -2.26. The average molecular weight is 352 g/mol. The molecule has 0 spiro atoms. The van der Waals surface area contributed by atoms with E-state index in [9.17, 15) is 14.0 Å². The van der Waals surface area contributed by atoms with E-state index in [0.29, 0.717) is 30.3 Å². The molecule has 5 nitrogen and oxygen atoms in total. The normalized spacial score (nSPS) is 18.2. The van der Waals surface area contributed by atoms with E-state index in [2.05, 4.69) is 11.9 Å². The van der Waals surface area contributed by atoms with E-state index in [0.717, 1.165) is 0 Å². The number of amides is 2. The highest BCUT2D eigenvalue weighted by molar-refractivity contribution is 7.99. The number of carbonyl (C=O) groups is 2. The molecule has 0 bridgehead atoms. The van der Waals surface area contributed by atoms with E-state index in [4.69, 9.17) is 4.74 Å². The minimum Gasteiger partial charge on any atom is -0.368 e. The van der Waals surface area contributed by atoms with Crippen molar-refractivity contribution in [3.63, 3.8) is 0 Å². The Morgan fingerprint density at radius 3 is 3.08 bits per heavy atom. The van der Waals surface area contributed by atoms with Gasteiger partial charge in [0.25, 0.3) is 5.91 Å². The van der Waals surface area contributed by atoms with Crippen LogP contribution >= 0.6 is 11.8 Å². The van der Waals surface area contributed by atoms with Crippen molar-refractivity contribution in [2.75, 3.05) is 23.6 Å². The number of nitrogens with one attached hydrogen (secondary N) is 1. The number of anilines is 1. The predicted molar refractivity (Wildman–Crippen MR) is 93.2 cm³/mol. The molecule has 7 heteroatoms. The van der Waals surface area contributed by atoms with E-state index in [-0.39, 0.29) is 11.8 Å². The van der Waals surface area contributed by atoms with Crippen LogP contribution in [0.3, 0.4) is 0 Å². The Kier molecular flexibility index (Phi) is 6.81. The molecule has 1 heterocycles. The molecule has 0 radical (unpaired) electrons. The van der Waals surface area contributed by atoms with Crippen LogP contribution in [0.25, 0.3) is 0 Å². The molecule has 2 unspecified atom stereocenters. The standard InChI is InChI=1S/C17H21FN2O3S/c1-3-4-8-23-12(2)17(22)20-11-24-10-15(20)16(21)19-14-7-5-6-13(18)9-14/h3,5-7,9,12,15H,1,4,8,10-11H2,2H3,(H,19,21). The van der Waals surface area contributed by atoms with Gasteiger partial charge in [0.1, 0.15) is 18.0 Å². The quantitative estimate of drug-likeness (QED) is 0.605. The second-order valence-electron chi connectivity index (χ2n) is 5.41. The largest absolute Gasteiger partial charge is 0.368 e. The van der Waals surface area contributed by atoms with E-state index in [1.54, 1.807) is 19.1 Å². The molecule has 2 rings (SSSR count). The molecule has 1 saturated heterocycles. The van der Waals surface area contributed by atoms with E-state index >= 15 is 0 Å². The van der Waals surface area contributed by atoms with Crippen molar-refractivity contribution in [3.05, 3.63) is 42.7 Å². The van der Waals surface area contributed by atoms with Crippen LogP contribution in [0.4, 0.5) is 10.1 Å². The number of thioether (sulfide) groups is 1. The van der Waals surface area contributed by atoms with Gasteiger partial charge in [-0.3, -0.25) is 9.59 Å². The first-order valence-electron chi connectivity index (χ1n) is 7.70. The third-order valence-electron chi connectivity index (χ3n) is 3.60. The Balaban J connectivity index is 1.97. The first kappa shape index (κ1) is 18.5. The van der Waals surface area contributed by atoms with Crippen LogP contribution in [0, 0.1) is 5.82 Å². The fraction of sp³-hybridized carbons (Fsp3) is 0.412. The Bertz CT molecular complexity index is 611. The number of halogens is 1. The molecule has 0 aromatic heterocycles. The third-order valence-corrected chi connectivity index (χ3v) is 4.61. The zero-order valence-electron chi connectivity index (χ0n) is 13.5. The van der Waals surface area contributed by atoms with Crippen LogP contribution in [0.1, 0.15) is 13.3 Å². The summed E-state index contributed by atoms with van der Waals surface area (Å²) in [7, 11) is 0. The van der Waals surface area contributed by atoms with Crippen molar-refractivity contribution in [1.82, 2.24) is 4.90 Å². The zero-order valence-corrected chi connectivity index (χ0v) is 14.4. The molecule has 2 atom stereocenters. The van der Waals surface area contributed by atoms with Crippen molar-refractivity contribution in [2.45, 2.75) is 25.5 Å². The molecule has 2 amide bonds. The number of nitrogens with zero attached hydrogens (tertiary/aromatic N) is 1. The fourth-order valence-corrected chi connectivity index (χ4v) is 3.47. The van der Waals surface area contributed by atoms with Crippen molar-refractivity contribution < 1.29 is 18.7 Å². The van der Waals surface area contributed by atoms with Crippen LogP contribution < -0.4 is 5.32 Å². The van der Waals surface area contributed by atoms with Gasteiger partial charge in [0.2, 0.25) is 5.91 Å². The summed E-state index contributed by atoms with van der Waals surface area (Å²) in [5.74, 6) is -0.0203. The Labute approximate surface area is 145 Å². The molecule has 1 fully saturated rings. The second kappa shape index (κ2) is 8.84. The first-order chi connectivity index (χ1) is 11.5. The topological polar surface area (TPSA) is 58.6 Å². The van der Waals surface area contributed by atoms with Crippen LogP contribution in [-0.2, 0) is 14.3 Å². The van der Waals surface area contributed by atoms with Gasteiger partial charge in [-0.1, -0.05) is 12.1 Å². The average Bonchev–Trinajstić information content (AvgIpc) is 3.04. The predicted octanol–water partition coefficient (Wildman–Crippen LogP) is 2.65. The number of benzene rings is 1. The maximum atomic E-state index is 13.2. The highest BCUT2D eigenvalue weighted by Crippen LogP contribution is 2.23. The number of rotatable bonds is 7. The van der Waals surface area contributed by atoms with Gasteiger partial charge in [0.05, 0.1) is 12.5 Å². The first-order valence-corrected chi connectivity index (χ1v) is 8.85. The van der Waals surface area contributed by atoms with Gasteiger partial charge in [0, 0.05) is 11.4 Å². The van der Waals surface area contributed by atoms with Crippen LogP contribution in [0.2, 0.25) is 0 Å². The van der Waals surface area contributed by atoms with Gasteiger partial charge in [-0.05, 0) is 31.5 Å². The summed E-state index contributed by atoms with van der Waals surface area (Å²) < 4.78 is 18.7. The number of hydrogen-bond donors (Lipinski definition) is 1. The summed E-state index contributed by atoms with van der Waals surface area (Å²) >= 11 is 1.50.